The summed E-state index contributed by atoms with van der Waals surface area (Å²) in [5, 5.41) is 4.86. The Hall–Kier alpha value is -0.830. The molecule has 0 amide bonds. The van der Waals surface area contributed by atoms with Crippen LogP contribution in [0.2, 0.25) is 5.15 Å². The normalized spacial score (nSPS) is 24.2. The number of rotatable bonds is 3. The second-order valence-corrected chi connectivity index (χ2v) is 5.94. The van der Waals surface area contributed by atoms with E-state index in [1.807, 2.05) is 14.0 Å². The van der Waals surface area contributed by atoms with Gasteiger partial charge in [-0.1, -0.05) is 31.4 Å². The molecule has 1 aromatic rings. The minimum atomic E-state index is 0.233. The van der Waals surface area contributed by atoms with Gasteiger partial charge in [-0.2, -0.15) is 5.10 Å². The van der Waals surface area contributed by atoms with E-state index in [-0.39, 0.29) is 5.92 Å². The van der Waals surface area contributed by atoms with Crippen LogP contribution in [-0.4, -0.2) is 15.6 Å². The number of ketones is 1. The van der Waals surface area contributed by atoms with E-state index in [1.54, 1.807) is 4.68 Å². The summed E-state index contributed by atoms with van der Waals surface area (Å²) < 4.78 is 1.64. The molecule has 100 valence electrons. The molecule has 0 atom stereocenters. The Labute approximate surface area is 114 Å². The van der Waals surface area contributed by atoms with Gasteiger partial charge in [-0.05, 0) is 25.7 Å². The van der Waals surface area contributed by atoms with Crippen molar-refractivity contribution < 1.29 is 4.79 Å². The molecule has 3 nitrogen and oxygen atoms in total. The highest BCUT2D eigenvalue weighted by atomic mass is 35.5. The van der Waals surface area contributed by atoms with E-state index in [0.29, 0.717) is 17.4 Å². The van der Waals surface area contributed by atoms with E-state index < -0.39 is 0 Å². The van der Waals surface area contributed by atoms with E-state index in [4.69, 9.17) is 11.6 Å². The summed E-state index contributed by atoms with van der Waals surface area (Å²) >= 11 is 6.17. The average Bonchev–Trinajstić information content (AvgIpc) is 2.57. The van der Waals surface area contributed by atoms with Crippen LogP contribution in [0.5, 0.6) is 0 Å². The van der Waals surface area contributed by atoms with Gasteiger partial charge in [0.2, 0.25) is 0 Å². The van der Waals surface area contributed by atoms with Crippen LogP contribution < -0.4 is 0 Å². The molecular formula is C14H21ClN2O. The molecule has 0 spiro atoms. The molecule has 0 saturated heterocycles. The van der Waals surface area contributed by atoms with Gasteiger partial charge in [-0.3, -0.25) is 9.48 Å². The minimum absolute atomic E-state index is 0.233. The summed E-state index contributed by atoms with van der Waals surface area (Å²) in [7, 11) is 1.81. The van der Waals surface area contributed by atoms with Gasteiger partial charge in [-0.25, -0.2) is 0 Å². The van der Waals surface area contributed by atoms with Crippen LogP contribution in [0, 0.1) is 18.8 Å². The summed E-state index contributed by atoms with van der Waals surface area (Å²) in [5.41, 5.74) is 1.78. The van der Waals surface area contributed by atoms with Crippen molar-refractivity contribution in [2.24, 2.45) is 18.9 Å². The minimum Gasteiger partial charge on any atom is -0.299 e. The molecule has 0 unspecified atom stereocenters. The van der Waals surface area contributed by atoms with Crippen LogP contribution in [0.1, 0.15) is 43.9 Å². The van der Waals surface area contributed by atoms with E-state index in [0.717, 1.165) is 30.0 Å². The molecular weight excluding hydrogens is 248 g/mol. The summed E-state index contributed by atoms with van der Waals surface area (Å²) in [5.74, 6) is 1.34. The molecule has 1 aliphatic carbocycles. The fraction of sp³-hybridized carbons (Fsp3) is 0.714. The first-order chi connectivity index (χ1) is 8.49. The topological polar surface area (TPSA) is 34.9 Å². The number of nitrogens with zero attached hydrogens (tertiary/aromatic N) is 2. The molecule has 1 saturated carbocycles. The van der Waals surface area contributed by atoms with Crippen LogP contribution in [-0.2, 0) is 18.3 Å². The largest absolute Gasteiger partial charge is 0.299 e. The van der Waals surface area contributed by atoms with Crippen molar-refractivity contribution in [3.63, 3.8) is 0 Å². The molecule has 18 heavy (non-hydrogen) atoms. The highest BCUT2D eigenvalue weighted by Crippen LogP contribution is 2.30. The van der Waals surface area contributed by atoms with Crippen molar-refractivity contribution in [1.29, 1.82) is 0 Å². The first kappa shape index (κ1) is 13.6. The third-order valence-corrected chi connectivity index (χ3v) is 4.56. The van der Waals surface area contributed by atoms with E-state index >= 15 is 0 Å². The lowest BCUT2D eigenvalue weighted by Gasteiger charge is -2.25. The number of aromatic nitrogens is 2. The highest BCUT2D eigenvalue weighted by molar-refractivity contribution is 6.30. The van der Waals surface area contributed by atoms with Crippen molar-refractivity contribution in [2.75, 3.05) is 0 Å². The van der Waals surface area contributed by atoms with Gasteiger partial charge in [0.15, 0.2) is 0 Å². The first-order valence-electron chi connectivity index (χ1n) is 6.69. The zero-order valence-corrected chi connectivity index (χ0v) is 12.1. The Balaban J connectivity index is 2.03. The van der Waals surface area contributed by atoms with Gasteiger partial charge in [0.1, 0.15) is 10.9 Å². The van der Waals surface area contributed by atoms with Gasteiger partial charge >= 0.3 is 0 Å². The zero-order chi connectivity index (χ0) is 13.3. The Kier molecular flexibility index (Phi) is 4.10. The van der Waals surface area contributed by atoms with Crippen LogP contribution in [0.25, 0.3) is 0 Å². The van der Waals surface area contributed by atoms with Gasteiger partial charge in [0.25, 0.3) is 0 Å². The molecule has 1 heterocycles. The highest BCUT2D eigenvalue weighted by Gasteiger charge is 2.26. The Bertz CT molecular complexity index is 445. The molecule has 4 heteroatoms. The van der Waals surface area contributed by atoms with Crippen LogP contribution >= 0.6 is 11.6 Å². The van der Waals surface area contributed by atoms with E-state index in [9.17, 15) is 4.79 Å². The molecule has 1 fully saturated rings. The molecule has 0 aliphatic heterocycles. The predicted octanol–water partition coefficient (Wildman–Crippen LogP) is 3.32. The SMILES string of the molecule is Cc1nn(C)c(Cl)c1CC(=O)C1CCC(C)CC1. The second kappa shape index (κ2) is 5.43. The van der Waals surface area contributed by atoms with E-state index in [1.165, 1.54) is 12.8 Å². The van der Waals surface area contributed by atoms with Gasteiger partial charge in [0, 0.05) is 24.9 Å². The van der Waals surface area contributed by atoms with Crippen LogP contribution in [0.15, 0.2) is 0 Å². The van der Waals surface area contributed by atoms with Crippen LogP contribution in [0.3, 0.4) is 0 Å². The standard InChI is InChI=1S/C14H21ClN2O/c1-9-4-6-11(7-5-9)13(18)8-12-10(2)16-17(3)14(12)15/h9,11H,4-8H2,1-3H3. The number of hydrogen-bond donors (Lipinski definition) is 0. The number of Topliss-reactive ketones (excluding diaryl/α,β-unsaturated/α-hetero) is 1. The molecule has 0 bridgehead atoms. The number of aryl methyl sites for hydroxylation is 2. The number of halogens is 1. The monoisotopic (exact) mass is 268 g/mol. The first-order valence-corrected chi connectivity index (χ1v) is 7.07. The zero-order valence-electron chi connectivity index (χ0n) is 11.4. The lowest BCUT2D eigenvalue weighted by Crippen LogP contribution is -2.22. The second-order valence-electron chi connectivity index (χ2n) is 5.58. The fourth-order valence-corrected chi connectivity index (χ4v) is 3.02. The molecule has 0 N–H and O–H groups in total. The van der Waals surface area contributed by atoms with E-state index in [2.05, 4.69) is 12.0 Å². The van der Waals surface area contributed by atoms with Crippen molar-refractivity contribution >= 4 is 17.4 Å². The molecule has 0 aromatic carbocycles. The Morgan fingerprint density at radius 3 is 2.50 bits per heavy atom. The van der Waals surface area contributed by atoms with Gasteiger partial charge < -0.3 is 0 Å². The molecule has 1 aromatic heterocycles. The lowest BCUT2D eigenvalue weighted by atomic mass is 9.80. The van der Waals surface area contributed by atoms with Crippen molar-refractivity contribution in [2.45, 2.75) is 46.0 Å². The average molecular weight is 269 g/mol. The fourth-order valence-electron chi connectivity index (χ4n) is 2.78. The predicted molar refractivity (Wildman–Crippen MR) is 72.8 cm³/mol. The Morgan fingerprint density at radius 2 is 2.00 bits per heavy atom. The molecule has 0 radical (unpaired) electrons. The van der Waals surface area contributed by atoms with Gasteiger partial charge in [-0.15, -0.1) is 0 Å². The van der Waals surface area contributed by atoms with Gasteiger partial charge in [0.05, 0.1) is 5.69 Å². The summed E-state index contributed by atoms with van der Waals surface area (Å²) in [6.07, 6.45) is 4.87. The summed E-state index contributed by atoms with van der Waals surface area (Å²) in [4.78, 5) is 12.3. The maximum atomic E-state index is 12.3. The molecule has 1 aliphatic rings. The lowest BCUT2D eigenvalue weighted by molar-refractivity contribution is -0.123. The number of carbonyl (C=O) groups excluding carboxylic acids is 1. The number of hydrogen-bond acceptors (Lipinski definition) is 2. The molecule has 2 rings (SSSR count). The maximum Gasteiger partial charge on any atom is 0.140 e. The summed E-state index contributed by atoms with van der Waals surface area (Å²) in [6, 6.07) is 0. The number of carbonyl (C=O) groups is 1. The summed E-state index contributed by atoms with van der Waals surface area (Å²) in [6.45, 7) is 4.18. The third-order valence-electron chi connectivity index (χ3n) is 4.09. The van der Waals surface area contributed by atoms with Crippen LogP contribution in [0.4, 0.5) is 0 Å². The quantitative estimate of drug-likeness (QED) is 0.843. The maximum absolute atomic E-state index is 12.3. The van der Waals surface area contributed by atoms with Crippen molar-refractivity contribution in [1.82, 2.24) is 9.78 Å². The third kappa shape index (κ3) is 2.77. The smallest absolute Gasteiger partial charge is 0.140 e. The van der Waals surface area contributed by atoms with Crippen molar-refractivity contribution in [3.8, 4) is 0 Å². The van der Waals surface area contributed by atoms with Crippen molar-refractivity contribution in [3.05, 3.63) is 16.4 Å². The Morgan fingerprint density at radius 1 is 1.39 bits per heavy atom.